The first kappa shape index (κ1) is 24.6. The van der Waals surface area contributed by atoms with Crippen molar-refractivity contribution in [1.82, 2.24) is 0 Å². The number of amides is 1. The lowest BCUT2D eigenvalue weighted by molar-refractivity contribution is -0.167. The summed E-state index contributed by atoms with van der Waals surface area (Å²) in [5.74, 6) is -2.65. The van der Waals surface area contributed by atoms with E-state index < -0.39 is 27.5 Å². The molecule has 1 aliphatic heterocycles. The summed E-state index contributed by atoms with van der Waals surface area (Å²) in [4.78, 5) is 30.2. The number of aliphatic carboxylic acids is 1. The number of carbonyl (C=O) groups excluding carboxylic acids is 1. The van der Waals surface area contributed by atoms with E-state index in [4.69, 9.17) is 21.1 Å². The molecular weight excluding hydrogens is 486 g/mol. The summed E-state index contributed by atoms with van der Waals surface area (Å²) in [5, 5.41) is 29.0. The van der Waals surface area contributed by atoms with Gasteiger partial charge in [0.25, 0.3) is 5.91 Å². The van der Waals surface area contributed by atoms with Crippen molar-refractivity contribution in [3.05, 3.63) is 83.9 Å². The molecule has 0 spiro atoms. The van der Waals surface area contributed by atoms with E-state index in [0.29, 0.717) is 22.3 Å². The SMILES string of the molecule is N=C(N)c1cccc(C2=NOC(C(=O)O)(C(=O)Nc3ccc(-c4ccccc4S(N)(=O)=O)cc3)C2)c1. The third-order valence-electron chi connectivity index (χ3n) is 5.59. The number of amidine groups is 1. The number of hydrogen-bond acceptors (Lipinski definition) is 7. The second-order valence-corrected chi connectivity index (χ2v) is 9.54. The summed E-state index contributed by atoms with van der Waals surface area (Å²) < 4.78 is 23.8. The summed E-state index contributed by atoms with van der Waals surface area (Å²) >= 11 is 0. The van der Waals surface area contributed by atoms with E-state index in [1.807, 2.05) is 0 Å². The standard InChI is InChI=1S/C24H21N5O6S/c25-21(26)16-5-3-4-15(12-16)19-13-24(23(31)32,35-29-19)22(30)28-17-10-8-14(9-11-17)18-6-1-2-7-20(18)36(27,33)34/h1-12H,13H2,(H3,25,26)(H,28,30)(H,31,32)(H2,27,33,34). The Morgan fingerprint density at radius 1 is 1.03 bits per heavy atom. The summed E-state index contributed by atoms with van der Waals surface area (Å²) in [6, 6.07) is 18.8. The zero-order chi connectivity index (χ0) is 26.1. The van der Waals surface area contributed by atoms with Gasteiger partial charge in [0, 0.05) is 22.4 Å². The monoisotopic (exact) mass is 507 g/mol. The number of oxime groups is 1. The molecule has 0 aliphatic carbocycles. The van der Waals surface area contributed by atoms with Gasteiger partial charge in [-0.3, -0.25) is 10.2 Å². The molecular formula is C24H21N5O6S. The van der Waals surface area contributed by atoms with E-state index >= 15 is 0 Å². The van der Waals surface area contributed by atoms with Crippen LogP contribution in [0.3, 0.4) is 0 Å². The van der Waals surface area contributed by atoms with Crippen LogP contribution in [0.1, 0.15) is 17.5 Å². The van der Waals surface area contributed by atoms with Gasteiger partial charge in [-0.15, -0.1) is 0 Å². The van der Waals surface area contributed by atoms with Crippen molar-refractivity contribution in [2.75, 3.05) is 5.32 Å². The van der Waals surface area contributed by atoms with Gasteiger partial charge >= 0.3 is 11.6 Å². The molecule has 12 heteroatoms. The number of primary sulfonamides is 1. The third-order valence-corrected chi connectivity index (χ3v) is 6.56. The quantitative estimate of drug-likeness (QED) is 0.183. The van der Waals surface area contributed by atoms with Crippen molar-refractivity contribution in [2.24, 2.45) is 16.0 Å². The Hall–Kier alpha value is -4.55. The lowest BCUT2D eigenvalue weighted by Crippen LogP contribution is -2.50. The summed E-state index contributed by atoms with van der Waals surface area (Å²) in [7, 11) is -3.96. The highest BCUT2D eigenvalue weighted by atomic mass is 32.2. The van der Waals surface area contributed by atoms with Crippen molar-refractivity contribution in [3.8, 4) is 11.1 Å². The average Bonchev–Trinajstić information content (AvgIpc) is 3.31. The number of nitrogen functional groups attached to an aromatic ring is 1. The number of sulfonamides is 1. The van der Waals surface area contributed by atoms with Crippen LogP contribution in [0.2, 0.25) is 0 Å². The first-order valence-electron chi connectivity index (χ1n) is 10.5. The molecule has 0 fully saturated rings. The minimum Gasteiger partial charge on any atom is -0.478 e. The highest BCUT2D eigenvalue weighted by Crippen LogP contribution is 2.31. The maximum Gasteiger partial charge on any atom is 0.361 e. The van der Waals surface area contributed by atoms with E-state index in [-0.39, 0.29) is 28.6 Å². The number of nitrogens with two attached hydrogens (primary N) is 2. The number of anilines is 1. The molecule has 7 N–H and O–H groups in total. The predicted molar refractivity (Wildman–Crippen MR) is 132 cm³/mol. The van der Waals surface area contributed by atoms with Gasteiger partial charge in [0.2, 0.25) is 10.0 Å². The number of carbonyl (C=O) groups is 2. The number of benzene rings is 3. The Morgan fingerprint density at radius 3 is 2.36 bits per heavy atom. The van der Waals surface area contributed by atoms with Crippen LogP contribution >= 0.6 is 0 Å². The van der Waals surface area contributed by atoms with Crippen molar-refractivity contribution < 1.29 is 28.0 Å². The average molecular weight is 508 g/mol. The van der Waals surface area contributed by atoms with Crippen LogP contribution < -0.4 is 16.2 Å². The topological polar surface area (TPSA) is 198 Å². The van der Waals surface area contributed by atoms with Crippen LogP contribution in [0.5, 0.6) is 0 Å². The van der Waals surface area contributed by atoms with Crippen LogP contribution in [0.15, 0.2) is 82.8 Å². The largest absolute Gasteiger partial charge is 0.478 e. The second kappa shape index (κ2) is 9.24. The molecule has 0 radical (unpaired) electrons. The molecule has 1 unspecified atom stereocenters. The van der Waals surface area contributed by atoms with Crippen LogP contribution in [-0.2, 0) is 24.4 Å². The molecule has 1 aliphatic rings. The molecule has 0 saturated heterocycles. The number of nitrogens with one attached hydrogen (secondary N) is 2. The summed E-state index contributed by atoms with van der Waals surface area (Å²) in [6.07, 6.45) is -0.352. The fourth-order valence-corrected chi connectivity index (χ4v) is 4.47. The molecule has 4 rings (SSSR count). The lowest BCUT2D eigenvalue weighted by Gasteiger charge is -2.20. The molecule has 0 bridgehead atoms. The first-order valence-corrected chi connectivity index (χ1v) is 12.0. The van der Waals surface area contributed by atoms with E-state index in [9.17, 15) is 23.1 Å². The number of carboxylic acid groups (broad SMARTS) is 1. The maximum atomic E-state index is 13.0. The van der Waals surface area contributed by atoms with Gasteiger partial charge in [-0.05, 0) is 29.8 Å². The van der Waals surface area contributed by atoms with Gasteiger partial charge in [0.05, 0.1) is 17.0 Å². The van der Waals surface area contributed by atoms with Gasteiger partial charge in [-0.2, -0.15) is 0 Å². The van der Waals surface area contributed by atoms with Gasteiger partial charge in [0.1, 0.15) is 5.84 Å². The zero-order valence-electron chi connectivity index (χ0n) is 18.6. The van der Waals surface area contributed by atoms with Gasteiger partial charge < -0.3 is 21.0 Å². The van der Waals surface area contributed by atoms with Crippen LogP contribution in [0, 0.1) is 5.41 Å². The maximum absolute atomic E-state index is 13.0. The molecule has 184 valence electrons. The summed E-state index contributed by atoms with van der Waals surface area (Å²) in [5.41, 5.74) is 5.47. The van der Waals surface area contributed by atoms with Crippen LogP contribution in [0.4, 0.5) is 5.69 Å². The predicted octanol–water partition coefficient (Wildman–Crippen LogP) is 1.87. The minimum atomic E-state index is -3.96. The van der Waals surface area contributed by atoms with E-state index in [1.165, 1.54) is 18.2 Å². The molecule has 0 saturated carbocycles. The smallest absolute Gasteiger partial charge is 0.361 e. The molecule has 11 nitrogen and oxygen atoms in total. The Balaban J connectivity index is 1.55. The summed E-state index contributed by atoms with van der Waals surface area (Å²) in [6.45, 7) is 0. The molecule has 1 heterocycles. The van der Waals surface area contributed by atoms with E-state index in [2.05, 4.69) is 10.5 Å². The number of rotatable bonds is 7. The molecule has 3 aromatic rings. The van der Waals surface area contributed by atoms with Gasteiger partial charge in [0.15, 0.2) is 0 Å². The van der Waals surface area contributed by atoms with Crippen LogP contribution in [0.25, 0.3) is 11.1 Å². The van der Waals surface area contributed by atoms with Gasteiger partial charge in [-0.1, -0.05) is 53.7 Å². The Morgan fingerprint density at radius 2 is 1.72 bits per heavy atom. The zero-order valence-corrected chi connectivity index (χ0v) is 19.5. The number of nitrogens with zero attached hydrogens (tertiary/aromatic N) is 1. The number of carboxylic acids is 1. The van der Waals surface area contributed by atoms with Gasteiger partial charge in [-0.25, -0.2) is 18.4 Å². The molecule has 36 heavy (non-hydrogen) atoms. The normalized spacial score (nSPS) is 17.1. The van der Waals surface area contributed by atoms with Crippen molar-refractivity contribution >= 4 is 39.1 Å². The second-order valence-electron chi connectivity index (χ2n) is 8.01. The van der Waals surface area contributed by atoms with Crippen molar-refractivity contribution in [1.29, 1.82) is 5.41 Å². The van der Waals surface area contributed by atoms with Crippen molar-refractivity contribution in [3.63, 3.8) is 0 Å². The van der Waals surface area contributed by atoms with E-state index in [1.54, 1.807) is 54.6 Å². The number of hydrogen-bond donors (Lipinski definition) is 5. The molecule has 3 aromatic carbocycles. The molecule has 1 atom stereocenters. The first-order chi connectivity index (χ1) is 17.0. The van der Waals surface area contributed by atoms with Crippen molar-refractivity contribution in [2.45, 2.75) is 16.9 Å². The fourth-order valence-electron chi connectivity index (χ4n) is 3.71. The minimum absolute atomic E-state index is 0.0514. The van der Waals surface area contributed by atoms with E-state index in [0.717, 1.165) is 0 Å². The lowest BCUT2D eigenvalue weighted by atomic mass is 9.92. The Bertz CT molecular complexity index is 1520. The Labute approximate surface area is 205 Å². The highest BCUT2D eigenvalue weighted by Gasteiger charge is 2.54. The Kier molecular flexibility index (Phi) is 6.31. The highest BCUT2D eigenvalue weighted by molar-refractivity contribution is 7.89. The van der Waals surface area contributed by atoms with Crippen LogP contribution in [-0.4, -0.2) is 42.5 Å². The molecule has 0 aromatic heterocycles. The third kappa shape index (κ3) is 4.67. The molecule has 1 amide bonds. The fraction of sp³-hybridized carbons (Fsp3) is 0.0833.